The zero-order valence-electron chi connectivity index (χ0n) is 7.74. The molecule has 0 N–H and O–H groups in total. The first-order chi connectivity index (χ1) is 6.75. The fourth-order valence-electron chi connectivity index (χ4n) is 1.57. The molecule has 1 aromatic heterocycles. The van der Waals surface area contributed by atoms with Crippen LogP contribution in [0.5, 0.6) is 0 Å². The van der Waals surface area contributed by atoms with Gasteiger partial charge in [-0.3, -0.25) is 4.79 Å². The Hall–Kier alpha value is -1.09. The molecule has 74 valence electrons. The van der Waals surface area contributed by atoms with Crippen molar-refractivity contribution in [2.45, 2.75) is 12.8 Å². The third-order valence-corrected chi connectivity index (χ3v) is 2.62. The molecule has 0 bridgehead atoms. The summed E-state index contributed by atoms with van der Waals surface area (Å²) < 4.78 is 0. The quantitative estimate of drug-likeness (QED) is 0.664. The van der Waals surface area contributed by atoms with Gasteiger partial charge >= 0.3 is 0 Å². The van der Waals surface area contributed by atoms with E-state index in [-0.39, 0.29) is 0 Å². The van der Waals surface area contributed by atoms with Crippen LogP contribution in [-0.4, -0.2) is 23.9 Å². The number of ketones is 1. The highest BCUT2D eigenvalue weighted by Crippen LogP contribution is 2.18. The van der Waals surface area contributed by atoms with E-state index in [0.29, 0.717) is 23.8 Å². The summed E-state index contributed by atoms with van der Waals surface area (Å²) in [5.41, 5.74) is 1.04. The van der Waals surface area contributed by atoms with Crippen molar-refractivity contribution >= 4 is 23.1 Å². The maximum atomic E-state index is 11.0. The molecule has 0 spiro atoms. The number of piperidine rings is 1. The van der Waals surface area contributed by atoms with Crippen LogP contribution in [0.15, 0.2) is 18.3 Å². The lowest BCUT2D eigenvalue weighted by Gasteiger charge is -2.27. The Bertz CT molecular complexity index is 326. The Morgan fingerprint density at radius 3 is 2.57 bits per heavy atom. The van der Waals surface area contributed by atoms with Gasteiger partial charge in [0.05, 0.1) is 11.9 Å². The highest BCUT2D eigenvalue weighted by molar-refractivity contribution is 6.29. The number of halogens is 1. The lowest BCUT2D eigenvalue weighted by Crippen LogP contribution is -2.33. The van der Waals surface area contributed by atoms with E-state index in [1.807, 2.05) is 6.07 Å². The molecule has 0 aromatic carbocycles. The summed E-state index contributed by atoms with van der Waals surface area (Å²) in [5, 5.41) is 0.502. The first kappa shape index (κ1) is 9.46. The molecule has 1 saturated heterocycles. The Kier molecular flexibility index (Phi) is 2.68. The molecule has 1 aliphatic rings. The summed E-state index contributed by atoms with van der Waals surface area (Å²) in [6.07, 6.45) is 3.03. The van der Waals surface area contributed by atoms with Crippen molar-refractivity contribution in [1.29, 1.82) is 0 Å². The smallest absolute Gasteiger partial charge is 0.136 e. The van der Waals surface area contributed by atoms with E-state index < -0.39 is 0 Å². The van der Waals surface area contributed by atoms with Gasteiger partial charge in [-0.2, -0.15) is 0 Å². The van der Waals surface area contributed by atoms with Crippen LogP contribution in [0.2, 0.25) is 5.15 Å². The first-order valence-corrected chi connectivity index (χ1v) is 5.02. The van der Waals surface area contributed by atoms with Crippen molar-refractivity contribution in [2.75, 3.05) is 18.0 Å². The average Bonchev–Trinajstić information content (AvgIpc) is 2.21. The van der Waals surface area contributed by atoms with Crippen LogP contribution < -0.4 is 4.90 Å². The van der Waals surface area contributed by atoms with E-state index in [0.717, 1.165) is 18.8 Å². The van der Waals surface area contributed by atoms with E-state index >= 15 is 0 Å². The van der Waals surface area contributed by atoms with Gasteiger partial charge in [-0.1, -0.05) is 11.6 Å². The molecule has 3 nitrogen and oxygen atoms in total. The second-order valence-corrected chi connectivity index (χ2v) is 3.75. The number of aromatic nitrogens is 1. The van der Waals surface area contributed by atoms with Crippen LogP contribution in [0.3, 0.4) is 0 Å². The number of nitrogens with zero attached hydrogens (tertiary/aromatic N) is 2. The van der Waals surface area contributed by atoms with Crippen LogP contribution in [0, 0.1) is 0 Å². The number of pyridine rings is 1. The average molecular weight is 211 g/mol. The van der Waals surface area contributed by atoms with Crippen LogP contribution in [0.25, 0.3) is 0 Å². The Balaban J connectivity index is 2.08. The first-order valence-electron chi connectivity index (χ1n) is 4.64. The summed E-state index contributed by atoms with van der Waals surface area (Å²) in [6, 6.07) is 3.71. The van der Waals surface area contributed by atoms with Crippen molar-refractivity contribution in [3.05, 3.63) is 23.5 Å². The molecule has 0 unspecified atom stereocenters. The summed E-state index contributed by atoms with van der Waals surface area (Å²) in [5.74, 6) is 0.350. The third kappa shape index (κ3) is 2.04. The minimum atomic E-state index is 0.350. The van der Waals surface area contributed by atoms with Gasteiger partial charge in [0.15, 0.2) is 0 Å². The van der Waals surface area contributed by atoms with Gasteiger partial charge in [-0.15, -0.1) is 0 Å². The lowest BCUT2D eigenvalue weighted by molar-refractivity contribution is -0.119. The van der Waals surface area contributed by atoms with Crippen molar-refractivity contribution < 1.29 is 4.79 Å². The number of Topliss-reactive ketones (excluding diaryl/α,β-unsaturated/α-hetero) is 1. The monoisotopic (exact) mass is 210 g/mol. The number of carbonyl (C=O) groups is 1. The standard InChI is InChI=1S/C10H11ClN2O/c11-10-2-1-8(7-12-10)13-5-3-9(14)4-6-13/h1-2,7H,3-6H2. The molecule has 0 radical (unpaired) electrons. The molecule has 2 heterocycles. The summed E-state index contributed by atoms with van der Waals surface area (Å²) >= 11 is 5.69. The predicted octanol–water partition coefficient (Wildman–Crippen LogP) is 1.90. The van der Waals surface area contributed by atoms with E-state index in [9.17, 15) is 4.79 Å². The molecular formula is C10H11ClN2O. The second kappa shape index (κ2) is 3.96. The topological polar surface area (TPSA) is 33.2 Å². The van der Waals surface area contributed by atoms with Crippen molar-refractivity contribution in [3.63, 3.8) is 0 Å². The molecule has 1 aliphatic heterocycles. The van der Waals surface area contributed by atoms with Gasteiger partial charge in [0.1, 0.15) is 10.9 Å². The molecule has 14 heavy (non-hydrogen) atoms. The van der Waals surface area contributed by atoms with Gasteiger partial charge in [-0.05, 0) is 12.1 Å². The summed E-state index contributed by atoms with van der Waals surface area (Å²) in [6.45, 7) is 1.59. The number of hydrogen-bond acceptors (Lipinski definition) is 3. The number of hydrogen-bond donors (Lipinski definition) is 0. The van der Waals surface area contributed by atoms with Crippen molar-refractivity contribution in [1.82, 2.24) is 4.98 Å². The van der Waals surface area contributed by atoms with E-state index in [4.69, 9.17) is 11.6 Å². The minimum absolute atomic E-state index is 0.350. The van der Waals surface area contributed by atoms with E-state index in [1.165, 1.54) is 0 Å². The van der Waals surface area contributed by atoms with Gasteiger partial charge in [0, 0.05) is 25.9 Å². The van der Waals surface area contributed by atoms with Crippen LogP contribution in [0.4, 0.5) is 5.69 Å². The molecule has 1 aromatic rings. The minimum Gasteiger partial charge on any atom is -0.369 e. The summed E-state index contributed by atoms with van der Waals surface area (Å²) in [7, 11) is 0. The summed E-state index contributed by atoms with van der Waals surface area (Å²) in [4.78, 5) is 17.2. The fourth-order valence-corrected chi connectivity index (χ4v) is 1.68. The maximum Gasteiger partial charge on any atom is 0.136 e. The fraction of sp³-hybridized carbons (Fsp3) is 0.400. The number of carbonyl (C=O) groups excluding carboxylic acids is 1. The second-order valence-electron chi connectivity index (χ2n) is 3.36. The zero-order chi connectivity index (χ0) is 9.97. The predicted molar refractivity (Wildman–Crippen MR) is 55.7 cm³/mol. The lowest BCUT2D eigenvalue weighted by atomic mass is 10.1. The molecule has 0 atom stereocenters. The van der Waals surface area contributed by atoms with E-state index in [1.54, 1.807) is 12.3 Å². The number of anilines is 1. The molecular weight excluding hydrogens is 200 g/mol. The SMILES string of the molecule is O=C1CCN(c2ccc(Cl)nc2)CC1. The molecule has 1 fully saturated rings. The third-order valence-electron chi connectivity index (χ3n) is 2.40. The highest BCUT2D eigenvalue weighted by atomic mass is 35.5. The molecule has 0 amide bonds. The van der Waals surface area contributed by atoms with Gasteiger partial charge in [0.2, 0.25) is 0 Å². The Labute approximate surface area is 87.7 Å². The maximum absolute atomic E-state index is 11.0. The Morgan fingerprint density at radius 1 is 1.29 bits per heavy atom. The largest absolute Gasteiger partial charge is 0.369 e. The van der Waals surface area contributed by atoms with Gasteiger partial charge < -0.3 is 4.90 Å². The van der Waals surface area contributed by atoms with Crippen molar-refractivity contribution in [3.8, 4) is 0 Å². The zero-order valence-corrected chi connectivity index (χ0v) is 8.50. The van der Waals surface area contributed by atoms with Crippen LogP contribution in [0.1, 0.15) is 12.8 Å². The molecule has 2 rings (SSSR count). The number of rotatable bonds is 1. The van der Waals surface area contributed by atoms with Gasteiger partial charge in [0.25, 0.3) is 0 Å². The normalized spacial score (nSPS) is 17.2. The van der Waals surface area contributed by atoms with Gasteiger partial charge in [-0.25, -0.2) is 4.98 Å². The van der Waals surface area contributed by atoms with Crippen molar-refractivity contribution in [2.24, 2.45) is 0 Å². The molecule has 0 saturated carbocycles. The molecule has 0 aliphatic carbocycles. The Morgan fingerprint density at radius 2 is 2.00 bits per heavy atom. The van der Waals surface area contributed by atoms with Crippen LogP contribution >= 0.6 is 11.6 Å². The highest BCUT2D eigenvalue weighted by Gasteiger charge is 2.16. The molecule has 4 heteroatoms. The van der Waals surface area contributed by atoms with E-state index in [2.05, 4.69) is 9.88 Å². The van der Waals surface area contributed by atoms with Crippen LogP contribution in [-0.2, 0) is 4.79 Å².